The number of amides is 2. The van der Waals surface area contributed by atoms with Gasteiger partial charge >= 0.3 is 0 Å². The molecule has 0 saturated heterocycles. The highest BCUT2D eigenvalue weighted by Gasteiger charge is 2.13. The number of anilines is 1. The molecule has 2 amide bonds. The number of para-hydroxylation sites is 2. The van der Waals surface area contributed by atoms with Gasteiger partial charge in [0.05, 0.1) is 12.8 Å². The predicted molar refractivity (Wildman–Crippen MR) is 81.8 cm³/mol. The Hall–Kier alpha value is -2.85. The summed E-state index contributed by atoms with van der Waals surface area (Å²) < 4.78 is 5.12. The van der Waals surface area contributed by atoms with E-state index in [2.05, 4.69) is 5.32 Å². The Labute approximate surface area is 129 Å². The fraction of sp³-hybridized carbons (Fsp3) is 0.267. The maximum atomic E-state index is 12.1. The van der Waals surface area contributed by atoms with Crippen molar-refractivity contribution < 1.29 is 14.3 Å². The molecule has 116 valence electrons. The average Bonchev–Trinajstić information content (AvgIpc) is 2.55. The number of carbonyl (C=O) groups is 2. The summed E-state index contributed by atoms with van der Waals surface area (Å²) in [5, 5.41) is 11.7. The molecule has 7 heteroatoms. The molecule has 0 radical (unpaired) electrons. The number of rotatable bonds is 8. The van der Waals surface area contributed by atoms with Crippen LogP contribution in [-0.4, -0.2) is 37.4 Å². The van der Waals surface area contributed by atoms with Gasteiger partial charge in [-0.1, -0.05) is 12.1 Å². The van der Waals surface area contributed by atoms with Crippen LogP contribution in [0, 0.1) is 11.3 Å². The first-order chi connectivity index (χ1) is 10.7. The van der Waals surface area contributed by atoms with Gasteiger partial charge in [-0.3, -0.25) is 9.59 Å². The molecular weight excluding hydrogens is 284 g/mol. The van der Waals surface area contributed by atoms with E-state index in [0.29, 0.717) is 37.4 Å². The molecule has 1 rings (SSSR count). The minimum absolute atomic E-state index is 0.185. The van der Waals surface area contributed by atoms with Gasteiger partial charge < -0.3 is 20.7 Å². The van der Waals surface area contributed by atoms with Gasteiger partial charge in [-0.25, -0.2) is 0 Å². The smallest absolute Gasteiger partial charge is 0.267 e. The fourth-order valence-electron chi connectivity index (χ4n) is 1.66. The number of methoxy groups -OCH3 is 1. The maximum Gasteiger partial charge on any atom is 0.267 e. The summed E-state index contributed by atoms with van der Waals surface area (Å²) in [5.74, 6) is -0.143. The monoisotopic (exact) mass is 302 g/mol. The molecule has 0 atom stereocenters. The van der Waals surface area contributed by atoms with Crippen molar-refractivity contribution in [2.45, 2.75) is 6.42 Å². The summed E-state index contributed by atoms with van der Waals surface area (Å²) in [4.78, 5) is 24.3. The van der Waals surface area contributed by atoms with Crippen molar-refractivity contribution in [1.82, 2.24) is 4.90 Å². The van der Waals surface area contributed by atoms with Crippen molar-refractivity contribution in [2.75, 3.05) is 25.5 Å². The maximum absolute atomic E-state index is 12.1. The van der Waals surface area contributed by atoms with Crippen LogP contribution in [0.3, 0.4) is 0 Å². The van der Waals surface area contributed by atoms with Crippen LogP contribution in [0.5, 0.6) is 5.75 Å². The number of ether oxygens (including phenoxy) is 1. The second-order valence-electron chi connectivity index (χ2n) is 4.29. The summed E-state index contributed by atoms with van der Waals surface area (Å²) in [6, 6.07) is 8.60. The molecule has 0 aliphatic heterocycles. The summed E-state index contributed by atoms with van der Waals surface area (Å²) >= 11 is 0. The van der Waals surface area contributed by atoms with Crippen LogP contribution in [0.25, 0.3) is 0 Å². The van der Waals surface area contributed by atoms with Crippen molar-refractivity contribution in [3.63, 3.8) is 0 Å². The summed E-state index contributed by atoms with van der Waals surface area (Å²) in [6.45, 7) is 0.751. The number of carbonyl (C=O) groups excluding carboxylic acids is 2. The Bertz CT molecular complexity index is 593. The van der Waals surface area contributed by atoms with E-state index >= 15 is 0 Å². The highest BCUT2D eigenvalue weighted by Crippen LogP contribution is 2.23. The lowest BCUT2D eigenvalue weighted by Gasteiger charge is -2.13. The fourth-order valence-corrected chi connectivity index (χ4v) is 1.66. The van der Waals surface area contributed by atoms with Crippen molar-refractivity contribution in [1.29, 1.82) is 5.26 Å². The van der Waals surface area contributed by atoms with Crippen LogP contribution in [-0.2, 0) is 9.59 Å². The van der Waals surface area contributed by atoms with Gasteiger partial charge in [-0.2, -0.15) is 5.26 Å². The molecule has 0 bridgehead atoms. The Balaban J connectivity index is 2.88. The average molecular weight is 302 g/mol. The molecule has 0 unspecified atom stereocenters. The second kappa shape index (κ2) is 9.15. The number of hydrogen-bond acceptors (Lipinski definition) is 5. The minimum Gasteiger partial charge on any atom is -0.495 e. The van der Waals surface area contributed by atoms with Gasteiger partial charge in [-0.15, -0.1) is 0 Å². The third kappa shape index (κ3) is 4.92. The van der Waals surface area contributed by atoms with Gasteiger partial charge in [0.2, 0.25) is 6.41 Å². The number of nitrogens with one attached hydrogen (secondary N) is 1. The standard InChI is InChI=1S/C15H18N4O3/c1-22-14-6-3-2-5-13(14)18-15(21)12(9-17)10-19(11-20)8-4-7-16/h2-3,5-6,10-11H,4,7-8,16H2,1H3,(H,18,21)/b12-10-. The summed E-state index contributed by atoms with van der Waals surface area (Å²) in [7, 11) is 1.48. The van der Waals surface area contributed by atoms with Crippen LogP contribution in [0.4, 0.5) is 5.69 Å². The summed E-state index contributed by atoms with van der Waals surface area (Å²) in [6.07, 6.45) is 2.32. The lowest BCUT2D eigenvalue weighted by Crippen LogP contribution is -2.22. The number of nitrogens with zero attached hydrogens (tertiary/aromatic N) is 2. The van der Waals surface area contributed by atoms with E-state index in [1.807, 2.05) is 0 Å². The predicted octanol–water partition coefficient (Wildman–Crippen LogP) is 0.848. The van der Waals surface area contributed by atoms with Crippen molar-refractivity contribution in [2.24, 2.45) is 5.73 Å². The Morgan fingerprint density at radius 3 is 2.82 bits per heavy atom. The SMILES string of the molecule is COc1ccccc1NC(=O)/C(C#N)=C\N(C=O)CCCN. The van der Waals surface area contributed by atoms with Gasteiger partial charge in [0.25, 0.3) is 5.91 Å². The highest BCUT2D eigenvalue weighted by molar-refractivity contribution is 6.07. The molecule has 0 saturated carbocycles. The first kappa shape index (κ1) is 17.2. The van der Waals surface area contributed by atoms with Crippen LogP contribution in [0.2, 0.25) is 0 Å². The zero-order valence-corrected chi connectivity index (χ0v) is 12.3. The normalized spacial score (nSPS) is 10.5. The van der Waals surface area contributed by atoms with E-state index in [9.17, 15) is 9.59 Å². The van der Waals surface area contributed by atoms with Crippen LogP contribution < -0.4 is 15.8 Å². The first-order valence-electron chi connectivity index (χ1n) is 6.63. The molecule has 0 aliphatic rings. The Morgan fingerprint density at radius 1 is 1.50 bits per heavy atom. The van der Waals surface area contributed by atoms with Crippen LogP contribution in [0.15, 0.2) is 36.0 Å². The largest absolute Gasteiger partial charge is 0.495 e. The zero-order valence-electron chi connectivity index (χ0n) is 12.3. The number of hydrogen-bond donors (Lipinski definition) is 2. The van der Waals surface area contributed by atoms with Gasteiger partial charge in [0.1, 0.15) is 17.4 Å². The molecule has 7 nitrogen and oxygen atoms in total. The van der Waals surface area contributed by atoms with E-state index in [1.54, 1.807) is 30.3 Å². The quantitative estimate of drug-likeness (QED) is 0.420. The third-order valence-electron chi connectivity index (χ3n) is 2.77. The molecule has 0 heterocycles. The number of nitrogens with two attached hydrogens (primary N) is 1. The highest BCUT2D eigenvalue weighted by atomic mass is 16.5. The number of benzene rings is 1. The molecule has 1 aromatic rings. The molecule has 0 spiro atoms. The lowest BCUT2D eigenvalue weighted by atomic mass is 10.2. The molecule has 0 aliphatic carbocycles. The molecule has 1 aromatic carbocycles. The minimum atomic E-state index is -0.619. The van der Waals surface area contributed by atoms with Gasteiger partial charge in [0, 0.05) is 12.7 Å². The number of nitriles is 1. The summed E-state index contributed by atoms with van der Waals surface area (Å²) in [5.41, 5.74) is 5.62. The lowest BCUT2D eigenvalue weighted by molar-refractivity contribution is -0.116. The molecule has 22 heavy (non-hydrogen) atoms. The van der Waals surface area contributed by atoms with Crippen LogP contribution >= 0.6 is 0 Å². The second-order valence-corrected chi connectivity index (χ2v) is 4.29. The van der Waals surface area contributed by atoms with Crippen LogP contribution in [0.1, 0.15) is 6.42 Å². The zero-order chi connectivity index (χ0) is 16.4. The first-order valence-corrected chi connectivity index (χ1v) is 6.63. The van der Waals surface area contributed by atoms with E-state index in [-0.39, 0.29) is 5.57 Å². The van der Waals surface area contributed by atoms with E-state index < -0.39 is 5.91 Å². The van der Waals surface area contributed by atoms with Crippen molar-refractivity contribution in [3.8, 4) is 11.8 Å². The van der Waals surface area contributed by atoms with Gasteiger partial charge in [0.15, 0.2) is 0 Å². The molecule has 3 N–H and O–H groups in total. The third-order valence-corrected chi connectivity index (χ3v) is 2.77. The van der Waals surface area contributed by atoms with E-state index in [0.717, 1.165) is 0 Å². The Kier molecular flexibility index (Phi) is 7.16. The molecule has 0 fully saturated rings. The van der Waals surface area contributed by atoms with Crippen molar-refractivity contribution in [3.05, 3.63) is 36.0 Å². The van der Waals surface area contributed by atoms with E-state index in [4.69, 9.17) is 15.7 Å². The van der Waals surface area contributed by atoms with Gasteiger partial charge in [-0.05, 0) is 25.1 Å². The van der Waals surface area contributed by atoms with E-state index in [1.165, 1.54) is 18.2 Å². The molecular formula is C15H18N4O3. The Morgan fingerprint density at radius 2 is 2.23 bits per heavy atom. The van der Waals surface area contributed by atoms with Crippen molar-refractivity contribution >= 4 is 18.0 Å². The molecule has 0 aromatic heterocycles. The topological polar surface area (TPSA) is 108 Å².